The van der Waals surface area contributed by atoms with Crippen LogP contribution in [0.4, 0.5) is 14.6 Å². The number of allylic oxidation sites excluding steroid dienone is 2. The molecule has 0 unspecified atom stereocenters. The van der Waals surface area contributed by atoms with Gasteiger partial charge in [0.2, 0.25) is 5.84 Å². The van der Waals surface area contributed by atoms with Crippen LogP contribution in [0.25, 0.3) is 0 Å². The molecule has 1 aromatic heterocycles. The molecule has 2 heterocycles. The van der Waals surface area contributed by atoms with E-state index in [0.29, 0.717) is 23.5 Å². The van der Waals surface area contributed by atoms with Crippen molar-refractivity contribution in [3.05, 3.63) is 29.1 Å². The molecule has 0 bridgehead atoms. The lowest BCUT2D eigenvalue weighted by Crippen LogP contribution is -2.42. The van der Waals surface area contributed by atoms with Crippen LogP contribution in [0.3, 0.4) is 0 Å². The molecule has 0 aromatic carbocycles. The predicted octanol–water partition coefficient (Wildman–Crippen LogP) is 1.27. The summed E-state index contributed by atoms with van der Waals surface area (Å²) in [6.07, 6.45) is 0.322. The summed E-state index contributed by atoms with van der Waals surface area (Å²) in [5, 5.41) is 24.1. The topological polar surface area (TPSA) is 118 Å². The fraction of sp³-hybridized carbons (Fsp3) is 0.333. The normalized spacial score (nSPS) is 18.1. The third kappa shape index (κ3) is 3.90. The second-order valence-corrected chi connectivity index (χ2v) is 5.09. The van der Waals surface area contributed by atoms with Gasteiger partial charge in [-0.25, -0.2) is 4.98 Å². The summed E-state index contributed by atoms with van der Waals surface area (Å²) in [4.78, 5) is 8.40. The number of hydrogen-bond donors (Lipinski definition) is 3. The highest BCUT2D eigenvalue weighted by molar-refractivity contribution is 6.71. The summed E-state index contributed by atoms with van der Waals surface area (Å²) < 4.78 is 29.2. The zero-order chi connectivity index (χ0) is 18.6. The van der Waals surface area contributed by atoms with Crippen molar-refractivity contribution in [2.24, 2.45) is 10.1 Å². The molecule has 0 aliphatic carbocycles. The minimum absolute atomic E-state index is 0.0181. The molecule has 0 atom stereocenters. The maximum atomic E-state index is 12.4. The maximum Gasteiger partial charge on any atom is 0.387 e. The second-order valence-electron chi connectivity index (χ2n) is 5.09. The van der Waals surface area contributed by atoms with E-state index in [4.69, 9.17) is 10.6 Å². The zero-order valence-corrected chi connectivity index (χ0v) is 13.9. The van der Waals surface area contributed by atoms with Gasteiger partial charge in [-0.2, -0.15) is 8.78 Å². The largest absolute Gasteiger partial charge is 0.467 e. The van der Waals surface area contributed by atoms with Crippen LogP contribution in [0.15, 0.2) is 33.6 Å². The predicted molar refractivity (Wildman–Crippen MR) is 92.1 cm³/mol. The summed E-state index contributed by atoms with van der Waals surface area (Å²) in [6.45, 7) is -1.15. The van der Waals surface area contributed by atoms with Crippen molar-refractivity contribution in [2.75, 3.05) is 19.4 Å². The Morgan fingerprint density at radius 2 is 2.16 bits per heavy atom. The number of alkyl halides is 2. The summed E-state index contributed by atoms with van der Waals surface area (Å²) >= 11 is 0. The number of pyridine rings is 1. The first-order valence-corrected chi connectivity index (χ1v) is 7.31. The molecule has 8 nitrogen and oxygen atoms in total. The van der Waals surface area contributed by atoms with Gasteiger partial charge in [0.25, 0.3) is 0 Å². The lowest BCUT2D eigenvalue weighted by Gasteiger charge is -2.22. The van der Waals surface area contributed by atoms with Gasteiger partial charge in [-0.05, 0) is 19.1 Å². The zero-order valence-electron chi connectivity index (χ0n) is 13.9. The summed E-state index contributed by atoms with van der Waals surface area (Å²) in [5.41, 5.74) is 2.43. The first kappa shape index (κ1) is 18.3. The van der Waals surface area contributed by atoms with E-state index in [9.17, 15) is 8.78 Å². The number of aliphatic imine (C=N–C) groups is 1. The molecule has 2 rings (SSSR count). The van der Waals surface area contributed by atoms with Crippen molar-refractivity contribution >= 4 is 23.1 Å². The molecule has 0 radical (unpaired) electrons. The van der Waals surface area contributed by atoms with Gasteiger partial charge in [0, 0.05) is 37.5 Å². The number of amidine groups is 1. The van der Waals surface area contributed by atoms with Crippen LogP contribution < -0.4 is 15.4 Å². The van der Waals surface area contributed by atoms with Crippen molar-refractivity contribution in [3.8, 4) is 5.75 Å². The third-order valence-electron chi connectivity index (χ3n) is 3.58. The Labute approximate surface area is 142 Å². The van der Waals surface area contributed by atoms with E-state index in [1.54, 1.807) is 27.1 Å². The number of rotatable bonds is 5. The van der Waals surface area contributed by atoms with Crippen molar-refractivity contribution in [3.63, 3.8) is 0 Å². The van der Waals surface area contributed by atoms with Gasteiger partial charge in [0.1, 0.15) is 5.71 Å². The molecule has 0 amide bonds. The number of halogens is 2. The van der Waals surface area contributed by atoms with Crippen molar-refractivity contribution < 1.29 is 18.7 Å². The number of hydrogen-bond acceptors (Lipinski definition) is 6. The van der Waals surface area contributed by atoms with E-state index in [1.807, 2.05) is 0 Å². The van der Waals surface area contributed by atoms with Crippen LogP contribution in [0.5, 0.6) is 5.75 Å². The molecule has 0 saturated carbocycles. The molecule has 0 fully saturated rings. The number of ether oxygens (including phenoxy) is 1. The molecular formula is C15H19F2N6O2+. The Hall–Kier alpha value is -3.04. The average molecular weight is 353 g/mol. The molecule has 1 aromatic rings. The van der Waals surface area contributed by atoms with E-state index in [-0.39, 0.29) is 23.1 Å². The maximum absolute atomic E-state index is 12.4. The lowest BCUT2D eigenvalue weighted by molar-refractivity contribution is -0.0495. The summed E-state index contributed by atoms with van der Waals surface area (Å²) in [7, 11) is 3.11. The van der Waals surface area contributed by atoms with Crippen LogP contribution in [0.2, 0.25) is 0 Å². The van der Waals surface area contributed by atoms with Crippen molar-refractivity contribution in [1.82, 2.24) is 10.3 Å². The highest BCUT2D eigenvalue weighted by Crippen LogP contribution is 2.25. The molecule has 0 spiro atoms. The van der Waals surface area contributed by atoms with Crippen LogP contribution >= 0.6 is 0 Å². The lowest BCUT2D eigenvalue weighted by atomic mass is 9.95. The Morgan fingerprint density at radius 3 is 2.72 bits per heavy atom. The third-order valence-corrected chi connectivity index (χ3v) is 3.58. The molecule has 1 aliphatic heterocycles. The molecule has 10 heteroatoms. The average Bonchev–Trinajstić information content (AvgIpc) is 2.58. The van der Waals surface area contributed by atoms with E-state index in [2.05, 4.69) is 30.5 Å². The first-order chi connectivity index (χ1) is 11.9. The summed E-state index contributed by atoms with van der Waals surface area (Å²) in [5.74, 6) is 0.263. The van der Waals surface area contributed by atoms with Gasteiger partial charge in [0.15, 0.2) is 11.6 Å². The van der Waals surface area contributed by atoms with Gasteiger partial charge in [0.05, 0.1) is 10.9 Å². The molecular weight excluding hydrogens is 334 g/mol. The molecule has 5 N–H and O–H groups in total. The standard InChI is InChI=1S/C15H18F2N6O2/c1-7-9(12(19-2)11(18)14(21-7)23-24)6-8-4-5-10(25-15(16)17)13(20-3)22-8/h4-5,15,18,24H,6H2,1-3H3,(H,20,22)(H,21,23)/p+1. The number of nitrogens with one attached hydrogen (secondary N) is 3. The van der Waals surface area contributed by atoms with E-state index < -0.39 is 6.61 Å². The number of aromatic nitrogens is 1. The van der Waals surface area contributed by atoms with Gasteiger partial charge in [-0.3, -0.25) is 10.4 Å². The Kier molecular flexibility index (Phi) is 5.63. The number of nitrogens with zero attached hydrogens (tertiary/aromatic N) is 3. The van der Waals surface area contributed by atoms with E-state index in [1.165, 1.54) is 6.07 Å². The van der Waals surface area contributed by atoms with Crippen LogP contribution in [-0.4, -0.2) is 48.2 Å². The highest BCUT2D eigenvalue weighted by Gasteiger charge is 2.28. The second kappa shape index (κ2) is 7.69. The van der Waals surface area contributed by atoms with Gasteiger partial charge < -0.3 is 20.6 Å². The molecule has 134 valence electrons. The van der Waals surface area contributed by atoms with Gasteiger partial charge >= 0.3 is 6.61 Å². The molecule has 25 heavy (non-hydrogen) atoms. The van der Waals surface area contributed by atoms with Gasteiger partial charge in [-0.15, -0.1) is 0 Å². The molecule has 0 saturated heterocycles. The first-order valence-electron chi connectivity index (χ1n) is 7.31. The quantitative estimate of drug-likeness (QED) is 0.546. The highest BCUT2D eigenvalue weighted by atomic mass is 19.3. The van der Waals surface area contributed by atoms with Crippen molar-refractivity contribution in [1.29, 1.82) is 5.41 Å². The fourth-order valence-corrected chi connectivity index (χ4v) is 2.44. The Bertz CT molecular complexity index is 773. The minimum Gasteiger partial charge on any atom is -0.467 e. The monoisotopic (exact) mass is 353 g/mol. The fourth-order valence-electron chi connectivity index (χ4n) is 2.44. The van der Waals surface area contributed by atoms with Gasteiger partial charge in [-0.1, -0.05) is 0 Å². The van der Waals surface area contributed by atoms with Crippen LogP contribution in [0, 0.1) is 5.41 Å². The minimum atomic E-state index is -2.94. The van der Waals surface area contributed by atoms with Crippen LogP contribution in [0.1, 0.15) is 12.6 Å². The number of anilines is 1. The van der Waals surface area contributed by atoms with E-state index in [0.717, 1.165) is 5.57 Å². The Morgan fingerprint density at radius 1 is 1.44 bits per heavy atom. The molecule has 1 aliphatic rings. The Balaban J connectivity index is 2.36. The SMILES string of the molecule is CN=C1C(=N)/C(=N\[OH2+])NC(C)=C1Cc1ccc(OC(F)F)c(NC)n1. The van der Waals surface area contributed by atoms with E-state index >= 15 is 0 Å². The van der Waals surface area contributed by atoms with Crippen LogP contribution in [-0.2, 0) is 6.42 Å². The summed E-state index contributed by atoms with van der Waals surface area (Å²) in [6, 6.07) is 2.99. The smallest absolute Gasteiger partial charge is 0.387 e. The van der Waals surface area contributed by atoms with Crippen molar-refractivity contribution in [2.45, 2.75) is 20.0 Å².